The van der Waals surface area contributed by atoms with E-state index in [0.717, 1.165) is 10.3 Å². The van der Waals surface area contributed by atoms with E-state index in [0.29, 0.717) is 5.82 Å². The molecule has 4 nitrogen and oxygen atoms in total. The smallest absolute Gasteiger partial charge is 0.162 e. The lowest BCUT2D eigenvalue weighted by atomic mass is 10.3. The highest BCUT2D eigenvalue weighted by Crippen LogP contribution is 2.13. The van der Waals surface area contributed by atoms with E-state index >= 15 is 0 Å². The molecule has 10 heavy (non-hydrogen) atoms. The molecular formula is C6H5N3O. The summed E-state index contributed by atoms with van der Waals surface area (Å²) in [5.41, 5.74) is 0.838. The summed E-state index contributed by atoms with van der Waals surface area (Å²) >= 11 is 0. The van der Waals surface area contributed by atoms with E-state index in [2.05, 4.69) is 9.97 Å². The summed E-state index contributed by atoms with van der Waals surface area (Å²) in [6, 6.07) is 1.79. The minimum Gasteiger partial charge on any atom is -0.428 e. The zero-order chi connectivity index (χ0) is 6.97. The molecule has 0 atom stereocenters. The molecule has 0 amide bonds. The molecule has 0 aromatic rings. The molecule has 50 valence electrons. The predicted molar refractivity (Wildman–Crippen MR) is 33.8 cm³/mol. The van der Waals surface area contributed by atoms with Crippen molar-refractivity contribution in [3.8, 4) is 11.4 Å². The van der Waals surface area contributed by atoms with E-state index in [-0.39, 0.29) is 0 Å². The number of fused-ring (bicyclic) bond motifs is 1. The van der Waals surface area contributed by atoms with Crippen molar-refractivity contribution >= 4 is 0 Å². The summed E-state index contributed by atoms with van der Waals surface area (Å²) < 4.78 is 0.907. The lowest BCUT2D eigenvalue weighted by Gasteiger charge is -1.97. The Morgan fingerprint density at radius 3 is 3.20 bits per heavy atom. The van der Waals surface area contributed by atoms with Gasteiger partial charge in [-0.05, 0) is 6.07 Å². The van der Waals surface area contributed by atoms with Gasteiger partial charge in [-0.15, -0.1) is 0 Å². The Labute approximate surface area is 57.1 Å². The highest BCUT2D eigenvalue weighted by molar-refractivity contribution is 5.54. The van der Waals surface area contributed by atoms with Crippen molar-refractivity contribution < 1.29 is 5.21 Å². The van der Waals surface area contributed by atoms with Crippen molar-refractivity contribution in [2.75, 3.05) is 0 Å². The van der Waals surface area contributed by atoms with E-state index in [4.69, 9.17) is 5.21 Å². The molecule has 0 unspecified atom stereocenters. The fraction of sp³-hybridized carbons (Fsp3) is 0. The third kappa shape index (κ3) is 0.621. The standard InChI is InChI=1S/C6H5N3O/c10-9-3-5-1-2-7-6(5)8-4-9/h1-4,10H. The highest BCUT2D eigenvalue weighted by atomic mass is 16.5. The van der Waals surface area contributed by atoms with E-state index in [1.165, 1.54) is 6.33 Å². The van der Waals surface area contributed by atoms with E-state index in [1.54, 1.807) is 18.5 Å². The molecule has 0 aromatic carbocycles. The number of hydrogen-bond donors (Lipinski definition) is 1. The topological polar surface area (TPSA) is 50.9 Å². The van der Waals surface area contributed by atoms with Gasteiger partial charge in [-0.25, -0.2) is 9.97 Å². The van der Waals surface area contributed by atoms with Gasteiger partial charge in [0.25, 0.3) is 0 Å². The molecule has 2 aliphatic heterocycles. The monoisotopic (exact) mass is 135 g/mol. The van der Waals surface area contributed by atoms with Crippen LogP contribution < -0.4 is 0 Å². The third-order valence-corrected chi connectivity index (χ3v) is 1.28. The predicted octanol–water partition coefficient (Wildman–Crippen LogP) is 0.620. The molecule has 0 bridgehead atoms. The molecular weight excluding hydrogens is 130 g/mol. The van der Waals surface area contributed by atoms with E-state index in [1.807, 2.05) is 0 Å². The van der Waals surface area contributed by atoms with E-state index < -0.39 is 0 Å². The van der Waals surface area contributed by atoms with Crippen LogP contribution in [0.5, 0.6) is 0 Å². The summed E-state index contributed by atoms with van der Waals surface area (Å²) in [5.74, 6) is 0.658. The Morgan fingerprint density at radius 2 is 2.30 bits per heavy atom. The van der Waals surface area contributed by atoms with Gasteiger partial charge in [-0.3, -0.25) is 0 Å². The Balaban J connectivity index is 2.75. The highest BCUT2D eigenvalue weighted by Gasteiger charge is 2.02. The molecule has 4 heteroatoms. The average molecular weight is 135 g/mol. The fourth-order valence-electron chi connectivity index (χ4n) is 0.836. The maximum atomic E-state index is 8.88. The maximum absolute atomic E-state index is 8.88. The van der Waals surface area contributed by atoms with Crippen molar-refractivity contribution in [2.24, 2.45) is 0 Å². The molecule has 1 N–H and O–H groups in total. The Hall–Kier alpha value is -1.58. The molecule has 2 heterocycles. The van der Waals surface area contributed by atoms with Gasteiger partial charge in [0.05, 0.1) is 6.20 Å². The summed E-state index contributed by atoms with van der Waals surface area (Å²) in [6.45, 7) is 0. The molecule has 0 spiro atoms. The molecule has 2 rings (SSSR count). The van der Waals surface area contributed by atoms with Crippen LogP contribution in [0.1, 0.15) is 0 Å². The normalized spacial score (nSPS) is 10.4. The lowest BCUT2D eigenvalue weighted by molar-refractivity contribution is 0.181. The number of aromatic nitrogens is 3. The van der Waals surface area contributed by atoms with Crippen molar-refractivity contribution in [3.05, 3.63) is 24.8 Å². The van der Waals surface area contributed by atoms with E-state index in [9.17, 15) is 0 Å². The van der Waals surface area contributed by atoms with Gasteiger partial charge in [0, 0.05) is 11.8 Å². The molecule has 0 aliphatic carbocycles. The Morgan fingerprint density at radius 1 is 1.40 bits per heavy atom. The summed E-state index contributed by atoms with van der Waals surface area (Å²) in [7, 11) is 0. The number of rotatable bonds is 0. The number of hydrogen-bond acceptors (Lipinski definition) is 3. The molecule has 0 aromatic heterocycles. The minimum absolute atomic E-state index is 0.658. The average Bonchev–Trinajstić information content (AvgIpc) is 2.33. The SMILES string of the molecule is On1cnc2nccc-2c1. The van der Waals surface area contributed by atoms with Crippen molar-refractivity contribution in [3.63, 3.8) is 0 Å². The second kappa shape index (κ2) is 1.70. The van der Waals surface area contributed by atoms with Crippen LogP contribution in [-0.4, -0.2) is 19.9 Å². The minimum atomic E-state index is 0.658. The first-order valence-electron chi connectivity index (χ1n) is 2.84. The van der Waals surface area contributed by atoms with Gasteiger partial charge < -0.3 is 5.21 Å². The van der Waals surface area contributed by atoms with Crippen molar-refractivity contribution in [2.45, 2.75) is 0 Å². The zero-order valence-corrected chi connectivity index (χ0v) is 5.10. The van der Waals surface area contributed by atoms with Crippen LogP contribution in [0.15, 0.2) is 24.8 Å². The largest absolute Gasteiger partial charge is 0.428 e. The second-order valence-corrected chi connectivity index (χ2v) is 1.98. The lowest BCUT2D eigenvalue weighted by Crippen LogP contribution is -1.94. The van der Waals surface area contributed by atoms with Gasteiger partial charge in [0.1, 0.15) is 6.33 Å². The zero-order valence-electron chi connectivity index (χ0n) is 5.10. The first kappa shape index (κ1) is 5.22. The molecule has 0 saturated carbocycles. The van der Waals surface area contributed by atoms with Crippen molar-refractivity contribution in [1.82, 2.24) is 14.7 Å². The van der Waals surface area contributed by atoms with Crippen LogP contribution in [0.4, 0.5) is 0 Å². The molecule has 0 fully saturated rings. The third-order valence-electron chi connectivity index (χ3n) is 1.28. The van der Waals surface area contributed by atoms with Crippen LogP contribution in [-0.2, 0) is 0 Å². The maximum Gasteiger partial charge on any atom is 0.162 e. The van der Waals surface area contributed by atoms with Crippen LogP contribution in [0.3, 0.4) is 0 Å². The molecule has 2 aliphatic rings. The Bertz CT molecular complexity index is 317. The van der Waals surface area contributed by atoms with Crippen molar-refractivity contribution in [1.29, 1.82) is 0 Å². The van der Waals surface area contributed by atoms with Gasteiger partial charge in [-0.2, -0.15) is 4.73 Å². The first-order valence-corrected chi connectivity index (χ1v) is 2.84. The first-order chi connectivity index (χ1) is 4.86. The second-order valence-electron chi connectivity index (χ2n) is 1.98. The quantitative estimate of drug-likeness (QED) is 0.539. The van der Waals surface area contributed by atoms with Crippen LogP contribution in [0.25, 0.3) is 11.4 Å². The van der Waals surface area contributed by atoms with Gasteiger partial charge in [0.2, 0.25) is 0 Å². The van der Waals surface area contributed by atoms with Gasteiger partial charge >= 0.3 is 0 Å². The van der Waals surface area contributed by atoms with Crippen LogP contribution in [0, 0.1) is 0 Å². The van der Waals surface area contributed by atoms with Crippen LogP contribution >= 0.6 is 0 Å². The molecule has 0 radical (unpaired) electrons. The van der Waals surface area contributed by atoms with Gasteiger partial charge in [-0.1, -0.05) is 0 Å². The van der Waals surface area contributed by atoms with Crippen LogP contribution in [0.2, 0.25) is 0 Å². The summed E-state index contributed by atoms with van der Waals surface area (Å²) in [5, 5.41) is 8.88. The summed E-state index contributed by atoms with van der Waals surface area (Å²) in [4.78, 5) is 7.77. The fourth-order valence-corrected chi connectivity index (χ4v) is 0.836. The Kier molecular flexibility index (Phi) is 0.887. The summed E-state index contributed by atoms with van der Waals surface area (Å²) in [6.07, 6.45) is 4.50. The molecule has 0 saturated heterocycles. The van der Waals surface area contributed by atoms with Gasteiger partial charge in [0.15, 0.2) is 5.82 Å². The number of nitrogens with zero attached hydrogens (tertiary/aromatic N) is 3.